The number of rotatable bonds is 4. The van der Waals surface area contributed by atoms with Gasteiger partial charge in [0.1, 0.15) is 5.75 Å². The molecule has 2 aromatic rings. The molecule has 0 aliphatic carbocycles. The Kier molecular flexibility index (Phi) is 5.26. The number of phenolic OH excluding ortho intramolecular Hbond substituents is 1. The lowest BCUT2D eigenvalue weighted by atomic mass is 10.0. The summed E-state index contributed by atoms with van der Waals surface area (Å²) in [7, 11) is 2.58. The van der Waals surface area contributed by atoms with Gasteiger partial charge in [-0.1, -0.05) is 31.8 Å². The predicted molar refractivity (Wildman–Crippen MR) is 96.9 cm³/mol. The van der Waals surface area contributed by atoms with Crippen molar-refractivity contribution in [2.45, 2.75) is 33.6 Å². The van der Waals surface area contributed by atoms with Gasteiger partial charge in [0.25, 0.3) is 0 Å². The Bertz CT molecular complexity index is 680. The van der Waals surface area contributed by atoms with E-state index in [1.165, 1.54) is 0 Å². The molecule has 1 unspecified atom stereocenters. The molecule has 0 aliphatic heterocycles. The Morgan fingerprint density at radius 2 is 1.73 bits per heavy atom. The van der Waals surface area contributed by atoms with Crippen molar-refractivity contribution in [1.82, 2.24) is 0 Å². The maximum atomic E-state index is 10.2. The summed E-state index contributed by atoms with van der Waals surface area (Å²) in [5.74, 6) is 3.78. The minimum atomic E-state index is 0.180. The summed E-state index contributed by atoms with van der Waals surface area (Å²) in [6, 6.07) is 9.75. The smallest absolute Gasteiger partial charge is 0.169 e. The van der Waals surface area contributed by atoms with E-state index in [0.717, 1.165) is 28.0 Å². The zero-order chi connectivity index (χ0) is 16.3. The highest BCUT2D eigenvalue weighted by Gasteiger charge is 2.11. The maximum absolute atomic E-state index is 10.2. The van der Waals surface area contributed by atoms with Crippen LogP contribution in [0.25, 0.3) is 6.08 Å². The first kappa shape index (κ1) is 16.6. The topological polar surface area (TPSA) is 29.5 Å². The fourth-order valence-electron chi connectivity index (χ4n) is 2.44. The minimum absolute atomic E-state index is 0.180. The van der Waals surface area contributed by atoms with Gasteiger partial charge in [0.05, 0.1) is 0 Å². The first-order valence-corrected chi connectivity index (χ1v) is 8.09. The van der Waals surface area contributed by atoms with Gasteiger partial charge in [-0.25, -0.2) is 0 Å². The normalized spacial score (nSPS) is 11.4. The molecule has 22 heavy (non-hydrogen) atoms. The number of ether oxygens (including phenoxy) is 1. The molecule has 2 nitrogen and oxygen atoms in total. The summed E-state index contributed by atoms with van der Waals surface area (Å²) in [6.45, 7) is 8.23. The van der Waals surface area contributed by atoms with E-state index in [4.69, 9.17) is 4.74 Å². The zero-order valence-electron chi connectivity index (χ0n) is 13.6. The van der Waals surface area contributed by atoms with Crippen LogP contribution in [-0.2, 0) is 0 Å². The Labute approximate surface area is 135 Å². The van der Waals surface area contributed by atoms with Crippen LogP contribution in [0.15, 0.2) is 36.1 Å². The molecule has 0 fully saturated rings. The lowest BCUT2D eigenvalue weighted by Gasteiger charge is -2.15. The summed E-state index contributed by atoms with van der Waals surface area (Å²) < 4.78 is 5.96. The van der Waals surface area contributed by atoms with Crippen molar-refractivity contribution in [2.24, 2.45) is 0 Å². The van der Waals surface area contributed by atoms with E-state index in [-0.39, 0.29) is 5.75 Å². The van der Waals surface area contributed by atoms with Gasteiger partial charge < -0.3 is 9.84 Å². The van der Waals surface area contributed by atoms with Gasteiger partial charge in [-0.3, -0.25) is 0 Å². The van der Waals surface area contributed by atoms with E-state index in [1.807, 2.05) is 37.9 Å². The van der Waals surface area contributed by atoms with Crippen molar-refractivity contribution >= 4 is 15.3 Å². The van der Waals surface area contributed by atoms with Crippen LogP contribution in [0.3, 0.4) is 0 Å². The molecule has 3 heteroatoms. The second-order valence-electron chi connectivity index (χ2n) is 5.83. The SMILES string of the molecule is Cc1cc(/C=C/P)cc(C)c1Oc1ccc(C(C)C)cc1O. The molecule has 1 N–H and O–H groups in total. The van der Waals surface area contributed by atoms with Crippen molar-refractivity contribution in [3.8, 4) is 17.2 Å². The predicted octanol–water partition coefficient (Wildman–Crippen LogP) is 5.77. The van der Waals surface area contributed by atoms with Gasteiger partial charge in [-0.05, 0) is 66.3 Å². The first-order valence-electron chi connectivity index (χ1n) is 7.42. The van der Waals surface area contributed by atoms with E-state index in [0.29, 0.717) is 11.7 Å². The molecule has 0 amide bonds. The Morgan fingerprint density at radius 3 is 2.23 bits per heavy atom. The largest absolute Gasteiger partial charge is 0.504 e. The quantitative estimate of drug-likeness (QED) is 0.726. The second kappa shape index (κ2) is 6.98. The standard InChI is InChI=1S/C19H23O2P/c1-12(2)16-5-6-18(17(20)11-16)21-19-13(3)9-15(7-8-22)10-14(19)4/h5-12,20H,22H2,1-4H3/b8-7+. The zero-order valence-corrected chi connectivity index (χ0v) is 14.7. The van der Waals surface area contributed by atoms with Crippen LogP contribution in [0.2, 0.25) is 0 Å². The van der Waals surface area contributed by atoms with E-state index < -0.39 is 0 Å². The molecule has 0 saturated heterocycles. The van der Waals surface area contributed by atoms with Gasteiger partial charge in [-0.2, -0.15) is 0 Å². The van der Waals surface area contributed by atoms with E-state index in [9.17, 15) is 5.11 Å². The molecule has 0 bridgehead atoms. The van der Waals surface area contributed by atoms with E-state index in [2.05, 4.69) is 35.2 Å². The Morgan fingerprint density at radius 1 is 1.09 bits per heavy atom. The van der Waals surface area contributed by atoms with Crippen molar-refractivity contribution in [1.29, 1.82) is 0 Å². The maximum Gasteiger partial charge on any atom is 0.169 e. The van der Waals surface area contributed by atoms with E-state index >= 15 is 0 Å². The lowest BCUT2D eigenvalue weighted by molar-refractivity contribution is 0.407. The molecule has 0 radical (unpaired) electrons. The molecule has 0 aliphatic rings. The van der Waals surface area contributed by atoms with Gasteiger partial charge in [0.2, 0.25) is 0 Å². The highest BCUT2D eigenvalue weighted by Crippen LogP contribution is 2.36. The van der Waals surface area contributed by atoms with Crippen LogP contribution in [0.5, 0.6) is 17.2 Å². The average Bonchev–Trinajstić information content (AvgIpc) is 2.44. The second-order valence-corrected chi connectivity index (χ2v) is 6.21. The number of phenols is 1. The number of benzene rings is 2. The number of hydrogen-bond donors (Lipinski definition) is 1. The van der Waals surface area contributed by atoms with E-state index in [1.54, 1.807) is 6.07 Å². The van der Waals surface area contributed by atoms with Crippen molar-refractivity contribution < 1.29 is 9.84 Å². The molecule has 0 spiro atoms. The van der Waals surface area contributed by atoms with Crippen LogP contribution in [0.4, 0.5) is 0 Å². The van der Waals surface area contributed by atoms with Crippen LogP contribution >= 0.6 is 9.24 Å². The van der Waals surface area contributed by atoms with Crippen LogP contribution in [-0.4, -0.2) is 5.11 Å². The van der Waals surface area contributed by atoms with Gasteiger partial charge in [0.15, 0.2) is 11.5 Å². The highest BCUT2D eigenvalue weighted by molar-refractivity contribution is 7.21. The summed E-state index contributed by atoms with van der Waals surface area (Å²) in [4.78, 5) is 0. The number of hydrogen-bond acceptors (Lipinski definition) is 2. The summed E-state index contributed by atoms with van der Waals surface area (Å²) in [5.41, 5.74) is 4.33. The molecule has 0 saturated carbocycles. The molecule has 2 aromatic carbocycles. The molecular formula is C19H23O2P. The van der Waals surface area contributed by atoms with Crippen molar-refractivity contribution in [3.05, 3.63) is 58.4 Å². The summed E-state index contributed by atoms with van der Waals surface area (Å²) >= 11 is 0. The van der Waals surface area contributed by atoms with Crippen LogP contribution < -0.4 is 4.74 Å². The Hall–Kier alpha value is -1.79. The minimum Gasteiger partial charge on any atom is -0.504 e. The van der Waals surface area contributed by atoms with Gasteiger partial charge in [0, 0.05) is 0 Å². The third kappa shape index (κ3) is 3.69. The summed E-state index contributed by atoms with van der Waals surface area (Å²) in [5, 5.41) is 10.2. The first-order chi connectivity index (χ1) is 10.4. The lowest BCUT2D eigenvalue weighted by Crippen LogP contribution is -1.94. The number of aromatic hydroxyl groups is 1. The third-order valence-electron chi connectivity index (χ3n) is 3.63. The molecular weight excluding hydrogens is 291 g/mol. The third-order valence-corrected chi connectivity index (χ3v) is 3.83. The Balaban J connectivity index is 2.35. The average molecular weight is 314 g/mol. The number of aryl methyl sites for hydroxylation is 2. The van der Waals surface area contributed by atoms with Crippen LogP contribution in [0.1, 0.15) is 42.0 Å². The van der Waals surface area contributed by atoms with Gasteiger partial charge >= 0.3 is 0 Å². The molecule has 116 valence electrons. The fraction of sp³-hybridized carbons (Fsp3) is 0.263. The fourth-order valence-corrected chi connectivity index (χ4v) is 2.66. The van der Waals surface area contributed by atoms with Gasteiger partial charge in [-0.15, -0.1) is 9.24 Å². The van der Waals surface area contributed by atoms with Crippen LogP contribution in [0, 0.1) is 13.8 Å². The van der Waals surface area contributed by atoms with Crippen molar-refractivity contribution in [2.75, 3.05) is 0 Å². The molecule has 0 aromatic heterocycles. The highest BCUT2D eigenvalue weighted by atomic mass is 31.0. The monoisotopic (exact) mass is 314 g/mol. The molecule has 2 rings (SSSR count). The molecule has 0 heterocycles. The van der Waals surface area contributed by atoms with Crippen molar-refractivity contribution in [3.63, 3.8) is 0 Å². The summed E-state index contributed by atoms with van der Waals surface area (Å²) in [6.07, 6.45) is 2.03. The molecule has 1 atom stereocenters.